The third-order valence-corrected chi connectivity index (χ3v) is 4.86. The van der Waals surface area contributed by atoms with E-state index in [1.54, 1.807) is 26.4 Å². The minimum atomic E-state index is -0.264. The van der Waals surface area contributed by atoms with Gasteiger partial charge >= 0.3 is 0 Å². The lowest BCUT2D eigenvalue weighted by molar-refractivity contribution is 0.356. The number of anilines is 1. The molecule has 2 aromatic carbocycles. The molecule has 1 aliphatic rings. The summed E-state index contributed by atoms with van der Waals surface area (Å²) in [7, 11) is 3.26. The molecule has 140 valence electrons. The SMILES string of the molecule is COc1cccc(-c2nn(-c3ccc(F)cc3)c3c2CCCCN3)c1OC. The summed E-state index contributed by atoms with van der Waals surface area (Å²) >= 11 is 0. The number of fused-ring (bicyclic) bond motifs is 1. The van der Waals surface area contributed by atoms with Crippen LogP contribution in [0.1, 0.15) is 18.4 Å². The molecule has 0 saturated carbocycles. The Morgan fingerprint density at radius 3 is 2.59 bits per heavy atom. The Morgan fingerprint density at radius 1 is 1.04 bits per heavy atom. The topological polar surface area (TPSA) is 48.3 Å². The van der Waals surface area contributed by atoms with Gasteiger partial charge in [-0.1, -0.05) is 6.07 Å². The van der Waals surface area contributed by atoms with Gasteiger partial charge in [0, 0.05) is 17.7 Å². The number of nitrogens with zero attached hydrogens (tertiary/aromatic N) is 2. The highest BCUT2D eigenvalue weighted by molar-refractivity contribution is 5.77. The number of hydrogen-bond donors (Lipinski definition) is 1. The van der Waals surface area contributed by atoms with E-state index in [1.807, 2.05) is 22.9 Å². The summed E-state index contributed by atoms with van der Waals surface area (Å²) in [6, 6.07) is 12.2. The first-order chi connectivity index (χ1) is 13.2. The Balaban J connectivity index is 1.93. The zero-order chi connectivity index (χ0) is 18.8. The number of benzene rings is 2. The number of nitrogens with one attached hydrogen (secondary N) is 1. The van der Waals surface area contributed by atoms with Crippen LogP contribution in [0.4, 0.5) is 10.2 Å². The Bertz CT molecular complexity index is 951. The lowest BCUT2D eigenvalue weighted by Gasteiger charge is -2.12. The van der Waals surface area contributed by atoms with Crippen molar-refractivity contribution in [2.24, 2.45) is 0 Å². The van der Waals surface area contributed by atoms with E-state index >= 15 is 0 Å². The molecular formula is C21H22FN3O2. The molecule has 0 bridgehead atoms. The standard InChI is InChI=1S/C21H22FN3O2/c1-26-18-8-5-7-16(20(18)27-2)19-17-6-3-4-13-23-21(17)25(24-19)15-11-9-14(22)10-12-15/h5,7-12,23H,3-4,6,13H2,1-2H3. The summed E-state index contributed by atoms with van der Waals surface area (Å²) in [4.78, 5) is 0. The summed E-state index contributed by atoms with van der Waals surface area (Å²) in [5.74, 6) is 2.02. The van der Waals surface area contributed by atoms with Gasteiger partial charge in [-0.2, -0.15) is 5.10 Å². The van der Waals surface area contributed by atoms with Crippen LogP contribution in [0, 0.1) is 5.82 Å². The molecule has 1 aliphatic heterocycles. The molecule has 0 spiro atoms. The van der Waals surface area contributed by atoms with Crippen molar-refractivity contribution in [2.45, 2.75) is 19.3 Å². The summed E-state index contributed by atoms with van der Waals surface area (Å²) in [6.45, 7) is 0.884. The molecule has 0 unspecified atom stereocenters. The quantitative estimate of drug-likeness (QED) is 0.740. The van der Waals surface area contributed by atoms with Crippen LogP contribution in [-0.4, -0.2) is 30.5 Å². The lowest BCUT2D eigenvalue weighted by atomic mass is 10.0. The number of aromatic nitrogens is 2. The van der Waals surface area contributed by atoms with Crippen LogP contribution < -0.4 is 14.8 Å². The number of halogens is 1. The predicted molar refractivity (Wildman–Crippen MR) is 103 cm³/mol. The molecule has 4 rings (SSSR count). The van der Waals surface area contributed by atoms with Crippen molar-refractivity contribution in [1.82, 2.24) is 9.78 Å². The van der Waals surface area contributed by atoms with E-state index in [-0.39, 0.29) is 5.82 Å². The molecule has 27 heavy (non-hydrogen) atoms. The molecule has 1 aromatic heterocycles. The zero-order valence-electron chi connectivity index (χ0n) is 15.5. The molecule has 2 heterocycles. The van der Waals surface area contributed by atoms with Crippen molar-refractivity contribution >= 4 is 5.82 Å². The molecular weight excluding hydrogens is 345 g/mol. The van der Waals surface area contributed by atoms with Gasteiger partial charge in [-0.25, -0.2) is 9.07 Å². The molecule has 1 N–H and O–H groups in total. The van der Waals surface area contributed by atoms with Crippen LogP contribution in [0.3, 0.4) is 0 Å². The molecule has 0 amide bonds. The second-order valence-electron chi connectivity index (χ2n) is 6.49. The maximum atomic E-state index is 13.4. The molecule has 0 aliphatic carbocycles. The smallest absolute Gasteiger partial charge is 0.170 e. The maximum absolute atomic E-state index is 13.4. The average molecular weight is 367 g/mol. The van der Waals surface area contributed by atoms with Gasteiger partial charge in [0.15, 0.2) is 11.5 Å². The van der Waals surface area contributed by atoms with Crippen molar-refractivity contribution in [3.63, 3.8) is 0 Å². The molecule has 0 saturated heterocycles. The lowest BCUT2D eigenvalue weighted by Crippen LogP contribution is -2.07. The van der Waals surface area contributed by atoms with Gasteiger partial charge in [0.05, 0.1) is 19.9 Å². The van der Waals surface area contributed by atoms with E-state index in [0.29, 0.717) is 11.5 Å². The average Bonchev–Trinajstić information content (AvgIpc) is 2.88. The van der Waals surface area contributed by atoms with Crippen LogP contribution in [-0.2, 0) is 6.42 Å². The van der Waals surface area contributed by atoms with Crippen molar-refractivity contribution in [3.8, 4) is 28.4 Å². The second kappa shape index (κ2) is 7.31. The van der Waals surface area contributed by atoms with Gasteiger partial charge in [-0.15, -0.1) is 0 Å². The Morgan fingerprint density at radius 2 is 1.85 bits per heavy atom. The monoisotopic (exact) mass is 367 g/mol. The molecule has 0 fully saturated rings. The van der Waals surface area contributed by atoms with Crippen molar-refractivity contribution in [3.05, 3.63) is 53.8 Å². The summed E-state index contributed by atoms with van der Waals surface area (Å²) in [5, 5.41) is 8.38. The minimum absolute atomic E-state index is 0.264. The molecule has 3 aromatic rings. The Labute approximate surface area is 157 Å². The number of rotatable bonds is 4. The van der Waals surface area contributed by atoms with Gasteiger partial charge in [0.25, 0.3) is 0 Å². The van der Waals surface area contributed by atoms with Gasteiger partial charge in [0.2, 0.25) is 0 Å². The maximum Gasteiger partial charge on any atom is 0.170 e. The van der Waals surface area contributed by atoms with Gasteiger partial charge in [-0.3, -0.25) is 0 Å². The molecule has 0 atom stereocenters. The van der Waals surface area contributed by atoms with E-state index in [0.717, 1.165) is 54.1 Å². The highest BCUT2D eigenvalue weighted by Crippen LogP contribution is 2.41. The van der Waals surface area contributed by atoms with E-state index in [2.05, 4.69) is 5.32 Å². The van der Waals surface area contributed by atoms with Crippen LogP contribution in [0.2, 0.25) is 0 Å². The third kappa shape index (κ3) is 3.12. The highest BCUT2D eigenvalue weighted by atomic mass is 19.1. The first-order valence-corrected chi connectivity index (χ1v) is 9.06. The van der Waals surface area contributed by atoms with E-state index in [1.165, 1.54) is 12.1 Å². The van der Waals surface area contributed by atoms with Crippen LogP contribution >= 0.6 is 0 Å². The van der Waals surface area contributed by atoms with E-state index in [4.69, 9.17) is 14.6 Å². The van der Waals surface area contributed by atoms with Crippen molar-refractivity contribution in [1.29, 1.82) is 0 Å². The van der Waals surface area contributed by atoms with Crippen molar-refractivity contribution < 1.29 is 13.9 Å². The Kier molecular flexibility index (Phi) is 4.71. The van der Waals surface area contributed by atoms with Crippen molar-refractivity contribution in [2.75, 3.05) is 26.1 Å². The minimum Gasteiger partial charge on any atom is -0.493 e. The fraction of sp³-hybridized carbons (Fsp3) is 0.286. The van der Waals surface area contributed by atoms with Crippen LogP contribution in [0.25, 0.3) is 16.9 Å². The molecule has 5 nitrogen and oxygen atoms in total. The first-order valence-electron chi connectivity index (χ1n) is 9.06. The Hall–Kier alpha value is -3.02. The number of methoxy groups -OCH3 is 2. The summed E-state index contributed by atoms with van der Waals surface area (Å²) < 4.78 is 26.3. The molecule has 0 radical (unpaired) electrons. The van der Waals surface area contributed by atoms with Crippen LogP contribution in [0.15, 0.2) is 42.5 Å². The number of ether oxygens (including phenoxy) is 2. The van der Waals surface area contributed by atoms with Gasteiger partial charge in [-0.05, 0) is 55.7 Å². The molecule has 6 heteroatoms. The highest BCUT2D eigenvalue weighted by Gasteiger charge is 2.24. The third-order valence-electron chi connectivity index (χ3n) is 4.86. The van der Waals surface area contributed by atoms with E-state index < -0.39 is 0 Å². The number of hydrogen-bond acceptors (Lipinski definition) is 4. The van der Waals surface area contributed by atoms with Crippen LogP contribution in [0.5, 0.6) is 11.5 Å². The van der Waals surface area contributed by atoms with Gasteiger partial charge in [0.1, 0.15) is 17.3 Å². The first kappa shape index (κ1) is 17.4. The fourth-order valence-corrected chi connectivity index (χ4v) is 3.56. The van der Waals surface area contributed by atoms with Gasteiger partial charge < -0.3 is 14.8 Å². The normalized spacial score (nSPS) is 13.4. The van der Waals surface area contributed by atoms with E-state index in [9.17, 15) is 4.39 Å². The number of para-hydroxylation sites is 1. The second-order valence-corrected chi connectivity index (χ2v) is 6.49. The predicted octanol–water partition coefficient (Wildman–Crippen LogP) is 4.44. The summed E-state index contributed by atoms with van der Waals surface area (Å²) in [5.41, 5.74) is 3.70. The summed E-state index contributed by atoms with van der Waals surface area (Å²) in [6.07, 6.45) is 3.08. The largest absolute Gasteiger partial charge is 0.493 e. The zero-order valence-corrected chi connectivity index (χ0v) is 15.5. The fourth-order valence-electron chi connectivity index (χ4n) is 3.56.